The van der Waals surface area contributed by atoms with E-state index in [0.29, 0.717) is 44.1 Å². The summed E-state index contributed by atoms with van der Waals surface area (Å²) in [4.78, 5) is 14.2. The monoisotopic (exact) mass is 318 g/mol. The summed E-state index contributed by atoms with van der Waals surface area (Å²) in [5.74, 6) is -0.855. The van der Waals surface area contributed by atoms with Gasteiger partial charge < -0.3 is 10.0 Å². The molecule has 1 fully saturated rings. The molecule has 21 heavy (non-hydrogen) atoms. The van der Waals surface area contributed by atoms with Crippen LogP contribution in [0.1, 0.15) is 11.4 Å². The van der Waals surface area contributed by atoms with E-state index in [0.717, 1.165) is 0 Å². The second-order valence-corrected chi connectivity index (χ2v) is 5.32. The van der Waals surface area contributed by atoms with Crippen LogP contribution < -0.4 is 4.90 Å². The molecule has 1 aliphatic rings. The van der Waals surface area contributed by atoms with Crippen molar-refractivity contribution < 1.29 is 23.1 Å². The zero-order valence-electron chi connectivity index (χ0n) is 10.4. The molecule has 0 atom stereocenters. The van der Waals surface area contributed by atoms with Crippen molar-refractivity contribution in [2.75, 3.05) is 37.6 Å². The number of carboxylic acid groups (broad SMARTS) is 1. The third-order valence-corrected chi connectivity index (χ3v) is 3.97. The average molecular weight is 318 g/mol. The molecule has 11 heteroatoms. The molecule has 114 valence electrons. The maximum atomic E-state index is 12.4. The van der Waals surface area contributed by atoms with E-state index in [1.807, 2.05) is 4.90 Å². The van der Waals surface area contributed by atoms with Crippen molar-refractivity contribution in [1.29, 1.82) is 0 Å². The van der Waals surface area contributed by atoms with Gasteiger partial charge in [0.2, 0.25) is 10.1 Å². The van der Waals surface area contributed by atoms with Crippen LogP contribution in [0.2, 0.25) is 0 Å². The van der Waals surface area contributed by atoms with Crippen LogP contribution in [0.15, 0.2) is 0 Å². The van der Waals surface area contributed by atoms with Gasteiger partial charge in [-0.15, -0.1) is 10.2 Å². The molecule has 1 aromatic heterocycles. The van der Waals surface area contributed by atoms with Crippen LogP contribution in [0.25, 0.3) is 0 Å². The molecular formula is C10H14F3LiN4O2S. The Hall–Kier alpha value is -0.823. The molecule has 6 nitrogen and oxygen atoms in total. The molecule has 0 spiro atoms. The number of aliphatic carboxylic acids is 1. The number of nitrogens with zero attached hydrogens (tertiary/aromatic N) is 4. The van der Waals surface area contributed by atoms with Crippen molar-refractivity contribution in [3.05, 3.63) is 5.01 Å². The summed E-state index contributed by atoms with van der Waals surface area (Å²) in [5, 5.41) is 14.6. The van der Waals surface area contributed by atoms with Gasteiger partial charge in [-0.05, 0) is 0 Å². The van der Waals surface area contributed by atoms with E-state index in [4.69, 9.17) is 5.11 Å². The normalized spacial score (nSPS) is 16.6. The zero-order chi connectivity index (χ0) is 14.8. The number of carboxylic acids is 1. The summed E-state index contributed by atoms with van der Waals surface area (Å²) in [6.45, 7) is 2.70. The van der Waals surface area contributed by atoms with E-state index in [-0.39, 0.29) is 30.4 Å². The molecule has 2 rings (SSSR count). The van der Waals surface area contributed by atoms with Crippen LogP contribution >= 0.6 is 11.3 Å². The predicted octanol–water partition coefficient (Wildman–Crippen LogP) is 0.505. The second-order valence-electron chi connectivity index (χ2n) is 4.36. The molecule has 1 aliphatic heterocycles. The zero-order valence-corrected chi connectivity index (χ0v) is 11.2. The van der Waals surface area contributed by atoms with E-state index in [2.05, 4.69) is 10.2 Å². The minimum absolute atomic E-state index is 0. The third-order valence-electron chi connectivity index (χ3n) is 2.94. The average Bonchev–Trinajstić information content (AvgIpc) is 2.86. The number of aromatic nitrogens is 2. The molecule has 2 heterocycles. The van der Waals surface area contributed by atoms with E-state index in [1.54, 1.807) is 4.90 Å². The summed E-state index contributed by atoms with van der Waals surface area (Å²) in [6, 6.07) is 0. The van der Waals surface area contributed by atoms with Crippen LogP contribution in [0.3, 0.4) is 0 Å². The summed E-state index contributed by atoms with van der Waals surface area (Å²) >= 11 is 0.532. The molecule has 0 aromatic carbocycles. The van der Waals surface area contributed by atoms with Crippen LogP contribution in [0, 0.1) is 0 Å². The van der Waals surface area contributed by atoms with Gasteiger partial charge in [-0.3, -0.25) is 9.69 Å². The van der Waals surface area contributed by atoms with Crippen LogP contribution in [-0.2, 0) is 11.0 Å². The third kappa shape index (κ3) is 5.14. The van der Waals surface area contributed by atoms with Crippen LogP contribution in [0.4, 0.5) is 18.3 Å². The molecule has 1 aromatic rings. The molecule has 1 N–H and O–H groups in total. The van der Waals surface area contributed by atoms with E-state index in [9.17, 15) is 18.0 Å². The Bertz CT molecular complexity index is 477. The Balaban J connectivity index is 0.00000220. The van der Waals surface area contributed by atoms with Gasteiger partial charge in [-0.2, -0.15) is 13.2 Å². The minimum atomic E-state index is -4.46. The van der Waals surface area contributed by atoms with Gasteiger partial charge in [0.05, 0.1) is 6.42 Å². The standard InChI is InChI=1S/C10H13F3N4O2S.Li.H/c11-10(12,13)8-14-15-9(20-8)17-5-3-16(4-6-17)2-1-7(18)19;;/h1-6H2,(H,18,19);;. The second kappa shape index (κ2) is 7.44. The number of piperazine rings is 1. The first-order valence-corrected chi connectivity index (χ1v) is 6.77. The number of carbonyl (C=O) groups is 1. The fourth-order valence-electron chi connectivity index (χ4n) is 1.87. The molecule has 1 saturated heterocycles. The van der Waals surface area contributed by atoms with Gasteiger partial charge in [0.15, 0.2) is 0 Å². The Morgan fingerprint density at radius 2 is 1.86 bits per heavy atom. The molecule has 0 unspecified atom stereocenters. The SMILES string of the molecule is O=C(O)CCN1CCN(c2nnc(C(F)(F)F)s2)CC1.[LiH]. The van der Waals surface area contributed by atoms with Gasteiger partial charge >= 0.3 is 31.0 Å². The Labute approximate surface area is 135 Å². The van der Waals surface area contributed by atoms with Gasteiger partial charge in [0, 0.05) is 32.7 Å². The number of anilines is 1. The number of hydrogen-bond acceptors (Lipinski definition) is 6. The number of alkyl halides is 3. The molecular weight excluding hydrogens is 304 g/mol. The van der Waals surface area contributed by atoms with Gasteiger partial charge in [0.25, 0.3) is 0 Å². The van der Waals surface area contributed by atoms with Crippen molar-refractivity contribution in [1.82, 2.24) is 15.1 Å². The number of rotatable bonds is 4. The Kier molecular flexibility index (Phi) is 6.46. The van der Waals surface area contributed by atoms with Crippen LogP contribution in [-0.4, -0.2) is 77.8 Å². The van der Waals surface area contributed by atoms with Gasteiger partial charge in [-0.25, -0.2) is 0 Å². The maximum absolute atomic E-state index is 12.4. The molecule has 0 bridgehead atoms. The summed E-state index contributed by atoms with van der Waals surface area (Å²) in [6.07, 6.45) is -4.39. The predicted molar refractivity (Wildman–Crippen MR) is 73.0 cm³/mol. The fourth-order valence-corrected chi connectivity index (χ4v) is 2.64. The first kappa shape index (κ1) is 18.2. The van der Waals surface area contributed by atoms with E-state index in [1.165, 1.54) is 0 Å². The van der Waals surface area contributed by atoms with Crippen LogP contribution in [0.5, 0.6) is 0 Å². The first-order chi connectivity index (χ1) is 9.36. The van der Waals surface area contributed by atoms with Crippen molar-refractivity contribution >= 4 is 41.3 Å². The quantitative estimate of drug-likeness (QED) is 0.816. The van der Waals surface area contributed by atoms with Crippen molar-refractivity contribution in [3.63, 3.8) is 0 Å². The number of halogens is 3. The van der Waals surface area contributed by atoms with Crippen molar-refractivity contribution in [2.45, 2.75) is 12.6 Å². The topological polar surface area (TPSA) is 69.6 Å². The van der Waals surface area contributed by atoms with Gasteiger partial charge in [0.1, 0.15) is 0 Å². The van der Waals surface area contributed by atoms with Crippen molar-refractivity contribution in [2.24, 2.45) is 0 Å². The molecule has 0 saturated carbocycles. The summed E-state index contributed by atoms with van der Waals surface area (Å²) in [5.41, 5.74) is 0. The summed E-state index contributed by atoms with van der Waals surface area (Å²) < 4.78 is 37.3. The summed E-state index contributed by atoms with van der Waals surface area (Å²) in [7, 11) is 0. The van der Waals surface area contributed by atoms with E-state index < -0.39 is 17.2 Å². The van der Waals surface area contributed by atoms with Crippen molar-refractivity contribution in [3.8, 4) is 0 Å². The molecule has 0 amide bonds. The van der Waals surface area contributed by atoms with Gasteiger partial charge in [-0.1, -0.05) is 11.3 Å². The fraction of sp³-hybridized carbons (Fsp3) is 0.700. The van der Waals surface area contributed by atoms with E-state index >= 15 is 0 Å². The Morgan fingerprint density at radius 1 is 1.24 bits per heavy atom. The Morgan fingerprint density at radius 3 is 2.33 bits per heavy atom. The molecule has 0 aliphatic carbocycles. The first-order valence-electron chi connectivity index (χ1n) is 5.96. The number of hydrogen-bond donors (Lipinski definition) is 1. The molecule has 0 radical (unpaired) electrons.